The largest absolute Gasteiger partial charge is 0.288 e. The van der Waals surface area contributed by atoms with E-state index in [4.69, 9.17) is 0 Å². The first kappa shape index (κ1) is 12.8. The molecule has 0 saturated carbocycles. The van der Waals surface area contributed by atoms with E-state index in [1.807, 2.05) is 0 Å². The van der Waals surface area contributed by atoms with E-state index < -0.39 is 18.5 Å². The molecule has 0 aliphatic carbocycles. The number of halogens is 3. The van der Waals surface area contributed by atoms with Crippen molar-refractivity contribution in [3.05, 3.63) is 0 Å². The maximum atomic E-state index is 12.8. The Morgan fingerprint density at radius 1 is 1.54 bits per heavy atom. The van der Waals surface area contributed by atoms with Crippen LogP contribution in [0.4, 0.5) is 13.2 Å². The van der Waals surface area contributed by atoms with Gasteiger partial charge in [-0.3, -0.25) is 4.79 Å². The van der Waals surface area contributed by atoms with Crippen LogP contribution in [-0.2, 0) is 4.79 Å². The molecule has 0 heterocycles. The minimum Gasteiger partial charge on any atom is -0.288 e. The molecule has 13 heavy (non-hydrogen) atoms. The minimum atomic E-state index is -3.29. The smallest absolute Gasteiger partial charge is 0.279 e. The molecule has 0 rings (SSSR count). The van der Waals surface area contributed by atoms with Gasteiger partial charge in [-0.15, -0.1) is 0 Å². The van der Waals surface area contributed by atoms with Crippen LogP contribution in [0.2, 0.25) is 0 Å². The van der Waals surface area contributed by atoms with Crippen molar-refractivity contribution in [3.63, 3.8) is 0 Å². The second kappa shape index (κ2) is 5.52. The van der Waals surface area contributed by atoms with Gasteiger partial charge in [-0.05, 0) is 6.42 Å². The average Bonchev–Trinajstić information content (AvgIpc) is 2.01. The van der Waals surface area contributed by atoms with Crippen molar-refractivity contribution in [2.24, 2.45) is 0 Å². The van der Waals surface area contributed by atoms with E-state index in [1.54, 1.807) is 0 Å². The van der Waals surface area contributed by atoms with Gasteiger partial charge < -0.3 is 0 Å². The van der Waals surface area contributed by atoms with E-state index in [1.165, 1.54) is 13.8 Å². The molecule has 0 aliphatic rings. The van der Waals surface area contributed by atoms with Gasteiger partial charge in [0.25, 0.3) is 5.92 Å². The predicted octanol–water partition coefficient (Wildman–Crippen LogP) is 3.04. The van der Waals surface area contributed by atoms with Crippen LogP contribution in [0.15, 0.2) is 0 Å². The molecule has 1 nitrogen and oxygen atoms in total. The monoisotopic (exact) mass is 214 g/mol. The van der Waals surface area contributed by atoms with E-state index in [0.717, 1.165) is 11.8 Å². The molecule has 0 aromatic rings. The summed E-state index contributed by atoms with van der Waals surface area (Å²) in [6, 6.07) is 0. The van der Waals surface area contributed by atoms with Crippen molar-refractivity contribution < 1.29 is 18.0 Å². The van der Waals surface area contributed by atoms with Crippen molar-refractivity contribution in [1.29, 1.82) is 0 Å². The Balaban J connectivity index is 3.81. The maximum Gasteiger partial charge on any atom is 0.279 e. The van der Waals surface area contributed by atoms with Gasteiger partial charge in [0, 0.05) is 19.1 Å². The van der Waals surface area contributed by atoms with Gasteiger partial charge in [0.1, 0.15) is 0 Å². The SMILES string of the molecule is CCC(F)C(F)(F)CCSC(C)=O. The fourth-order valence-corrected chi connectivity index (χ4v) is 1.45. The third-order valence-electron chi connectivity index (χ3n) is 1.56. The molecule has 0 aromatic heterocycles. The second-order valence-electron chi connectivity index (χ2n) is 2.73. The number of thioether (sulfide) groups is 1. The van der Waals surface area contributed by atoms with Crippen LogP contribution in [0, 0.1) is 0 Å². The lowest BCUT2D eigenvalue weighted by molar-refractivity contribution is -0.109. The van der Waals surface area contributed by atoms with Crippen molar-refractivity contribution in [1.82, 2.24) is 0 Å². The number of rotatable bonds is 5. The molecule has 0 spiro atoms. The van der Waals surface area contributed by atoms with Gasteiger partial charge in [-0.1, -0.05) is 18.7 Å². The summed E-state index contributed by atoms with van der Waals surface area (Å²) >= 11 is 0.800. The lowest BCUT2D eigenvalue weighted by atomic mass is 10.1. The van der Waals surface area contributed by atoms with E-state index in [2.05, 4.69) is 0 Å². The molecule has 0 saturated heterocycles. The molecule has 1 unspecified atom stereocenters. The zero-order valence-electron chi connectivity index (χ0n) is 7.65. The summed E-state index contributed by atoms with van der Waals surface area (Å²) in [7, 11) is 0. The van der Waals surface area contributed by atoms with Gasteiger partial charge in [0.05, 0.1) is 0 Å². The molecule has 0 aliphatic heterocycles. The zero-order chi connectivity index (χ0) is 10.5. The van der Waals surface area contributed by atoms with Crippen LogP contribution in [-0.4, -0.2) is 23.0 Å². The standard InChI is InChI=1S/C8H13F3OS/c1-3-7(9)8(10,11)4-5-13-6(2)12/h7H,3-5H2,1-2H3. The van der Waals surface area contributed by atoms with Crippen LogP contribution in [0.25, 0.3) is 0 Å². The maximum absolute atomic E-state index is 12.8. The Kier molecular flexibility index (Phi) is 5.44. The molecule has 0 aromatic carbocycles. The summed E-state index contributed by atoms with van der Waals surface area (Å²) in [5.74, 6) is -3.32. The number of hydrogen-bond donors (Lipinski definition) is 0. The quantitative estimate of drug-likeness (QED) is 0.699. The average molecular weight is 214 g/mol. The third kappa shape index (κ3) is 5.18. The van der Waals surface area contributed by atoms with Crippen LogP contribution in [0.3, 0.4) is 0 Å². The van der Waals surface area contributed by atoms with E-state index in [-0.39, 0.29) is 17.3 Å². The van der Waals surface area contributed by atoms with Gasteiger partial charge in [-0.2, -0.15) is 0 Å². The molecule has 1 atom stereocenters. The predicted molar refractivity (Wildman–Crippen MR) is 47.9 cm³/mol. The number of carbonyl (C=O) groups is 1. The first-order valence-electron chi connectivity index (χ1n) is 4.05. The van der Waals surface area contributed by atoms with Gasteiger partial charge in [0.15, 0.2) is 11.3 Å². The summed E-state index contributed by atoms with van der Waals surface area (Å²) in [5, 5.41) is -0.220. The molecular weight excluding hydrogens is 201 g/mol. The molecule has 5 heteroatoms. The highest BCUT2D eigenvalue weighted by atomic mass is 32.2. The van der Waals surface area contributed by atoms with Crippen molar-refractivity contribution in [2.75, 3.05) is 5.75 Å². The lowest BCUT2D eigenvalue weighted by Gasteiger charge is -2.18. The van der Waals surface area contributed by atoms with E-state index >= 15 is 0 Å². The fourth-order valence-electron chi connectivity index (χ4n) is 0.786. The summed E-state index contributed by atoms with van der Waals surface area (Å²) in [5.41, 5.74) is 0. The number of carbonyl (C=O) groups excluding carboxylic acids is 1. The lowest BCUT2D eigenvalue weighted by Crippen LogP contribution is -2.30. The minimum absolute atomic E-state index is 0.0250. The van der Waals surface area contributed by atoms with Crippen LogP contribution < -0.4 is 0 Å². The molecule has 0 fully saturated rings. The Morgan fingerprint density at radius 2 is 2.08 bits per heavy atom. The summed E-state index contributed by atoms with van der Waals surface area (Å²) < 4.78 is 38.1. The van der Waals surface area contributed by atoms with E-state index in [9.17, 15) is 18.0 Å². The van der Waals surface area contributed by atoms with Gasteiger partial charge in [-0.25, -0.2) is 13.2 Å². The highest BCUT2D eigenvalue weighted by Gasteiger charge is 2.38. The number of alkyl halides is 3. The second-order valence-corrected chi connectivity index (χ2v) is 4.00. The number of hydrogen-bond acceptors (Lipinski definition) is 2. The summed E-state index contributed by atoms with van der Waals surface area (Å²) in [4.78, 5) is 10.4. The Labute approximate surface area is 80.1 Å². The molecular formula is C8H13F3OS. The Hall–Kier alpha value is -0.190. The Morgan fingerprint density at radius 3 is 2.46 bits per heavy atom. The van der Waals surface area contributed by atoms with Crippen LogP contribution in [0.5, 0.6) is 0 Å². The van der Waals surface area contributed by atoms with Crippen LogP contribution in [0.1, 0.15) is 26.7 Å². The molecule has 0 bridgehead atoms. The normalized spacial score (nSPS) is 14.2. The van der Waals surface area contributed by atoms with Crippen molar-refractivity contribution >= 4 is 16.9 Å². The first-order chi connectivity index (χ1) is 5.90. The first-order valence-corrected chi connectivity index (χ1v) is 5.04. The summed E-state index contributed by atoms with van der Waals surface area (Å²) in [6.45, 7) is 2.67. The zero-order valence-corrected chi connectivity index (χ0v) is 8.47. The topological polar surface area (TPSA) is 17.1 Å². The fraction of sp³-hybridized carbons (Fsp3) is 0.875. The third-order valence-corrected chi connectivity index (χ3v) is 2.37. The van der Waals surface area contributed by atoms with Gasteiger partial charge >= 0.3 is 0 Å². The highest BCUT2D eigenvalue weighted by Crippen LogP contribution is 2.29. The molecule has 0 amide bonds. The molecule has 0 N–H and O–H groups in total. The molecule has 0 radical (unpaired) electrons. The summed E-state index contributed by atoms with van der Waals surface area (Å²) in [6.07, 6.45) is -2.87. The van der Waals surface area contributed by atoms with E-state index in [0.29, 0.717) is 0 Å². The van der Waals surface area contributed by atoms with Crippen molar-refractivity contribution in [3.8, 4) is 0 Å². The van der Waals surface area contributed by atoms with Gasteiger partial charge in [0.2, 0.25) is 0 Å². The highest BCUT2D eigenvalue weighted by molar-refractivity contribution is 8.13. The van der Waals surface area contributed by atoms with Crippen molar-refractivity contribution in [2.45, 2.75) is 38.8 Å². The van der Waals surface area contributed by atoms with Crippen LogP contribution >= 0.6 is 11.8 Å². The Bertz CT molecular complexity index is 173. The molecule has 78 valence electrons.